The number of nitrogens with two attached hydrogens (primary N) is 1. The fourth-order valence-corrected chi connectivity index (χ4v) is 3.82. The minimum atomic E-state index is -0.655. The molecule has 4 N–H and O–H groups in total. The number of hydrogen-bond donors (Lipinski definition) is 3. The highest BCUT2D eigenvalue weighted by atomic mass is 32.1. The highest BCUT2D eigenvalue weighted by molar-refractivity contribution is 7.10. The Morgan fingerprint density at radius 2 is 1.96 bits per heavy atom. The second kappa shape index (κ2) is 7.61. The molecule has 2 heterocycles. The monoisotopic (exact) mass is 371 g/mol. The Hall–Kier alpha value is -2.80. The topological polar surface area (TPSA) is 97.4 Å². The minimum absolute atomic E-state index is 0.104. The Kier molecular flexibility index (Phi) is 5.27. The maximum Gasteiger partial charge on any atom is 0.312 e. The second-order valence-corrected chi connectivity index (χ2v) is 7.14. The lowest BCUT2D eigenvalue weighted by Gasteiger charge is -2.18. The van der Waals surface area contributed by atoms with Crippen LogP contribution in [0.3, 0.4) is 0 Å². The average molecular weight is 371 g/mol. The van der Waals surface area contributed by atoms with Crippen molar-refractivity contribution in [3.63, 3.8) is 0 Å². The van der Waals surface area contributed by atoms with Crippen molar-refractivity contribution in [2.45, 2.75) is 32.4 Å². The maximum atomic E-state index is 12.5. The van der Waals surface area contributed by atoms with Crippen LogP contribution in [0.25, 0.3) is 11.0 Å². The Labute approximate surface area is 155 Å². The van der Waals surface area contributed by atoms with Gasteiger partial charge in [0, 0.05) is 15.8 Å². The standard InChI is InChI=1S/C19H21N3O3S/c1-11-13-6-3-4-7-15(13)25-18(11)12(2)21-17(23)10-14(22-19(20)24)16-8-5-9-26-16/h3-9,12,14H,10H2,1-2H3,(H,21,23)(H3,20,22,24). The van der Waals surface area contributed by atoms with Crippen LogP contribution in [0.2, 0.25) is 0 Å². The number of carbonyl (C=O) groups excluding carboxylic acids is 2. The quantitative estimate of drug-likeness (QED) is 0.615. The fourth-order valence-electron chi connectivity index (χ4n) is 3.04. The molecule has 0 saturated carbocycles. The lowest BCUT2D eigenvalue weighted by molar-refractivity contribution is -0.122. The normalized spacial score (nSPS) is 13.3. The summed E-state index contributed by atoms with van der Waals surface area (Å²) in [4.78, 5) is 24.6. The van der Waals surface area contributed by atoms with Gasteiger partial charge in [0.25, 0.3) is 0 Å². The lowest BCUT2D eigenvalue weighted by atomic mass is 10.1. The molecule has 136 valence electrons. The number of nitrogens with one attached hydrogen (secondary N) is 2. The number of rotatable bonds is 6. The van der Waals surface area contributed by atoms with E-state index in [9.17, 15) is 9.59 Å². The van der Waals surface area contributed by atoms with E-state index < -0.39 is 12.1 Å². The number of furan rings is 1. The van der Waals surface area contributed by atoms with E-state index in [1.54, 1.807) is 0 Å². The van der Waals surface area contributed by atoms with Gasteiger partial charge in [0.15, 0.2) is 0 Å². The summed E-state index contributed by atoms with van der Waals surface area (Å²) in [5.41, 5.74) is 7.05. The first-order valence-electron chi connectivity index (χ1n) is 8.32. The summed E-state index contributed by atoms with van der Waals surface area (Å²) in [6, 6.07) is 10.1. The van der Waals surface area contributed by atoms with Gasteiger partial charge in [-0.15, -0.1) is 11.3 Å². The molecule has 0 spiro atoms. The van der Waals surface area contributed by atoms with Gasteiger partial charge in [-0.3, -0.25) is 4.79 Å². The molecule has 3 aromatic rings. The van der Waals surface area contributed by atoms with Crippen molar-refractivity contribution in [2.75, 3.05) is 0 Å². The van der Waals surface area contributed by atoms with Crippen LogP contribution in [0.15, 0.2) is 46.2 Å². The van der Waals surface area contributed by atoms with E-state index in [2.05, 4.69) is 10.6 Å². The third kappa shape index (κ3) is 3.88. The smallest absolute Gasteiger partial charge is 0.312 e. The molecule has 0 radical (unpaired) electrons. The van der Waals surface area contributed by atoms with Gasteiger partial charge in [-0.2, -0.15) is 0 Å². The summed E-state index contributed by atoms with van der Waals surface area (Å²) in [5, 5.41) is 8.50. The Balaban J connectivity index is 1.71. The van der Waals surface area contributed by atoms with E-state index in [0.29, 0.717) is 0 Å². The summed E-state index contributed by atoms with van der Waals surface area (Å²) in [6.45, 7) is 3.86. The van der Waals surface area contributed by atoms with Crippen LogP contribution in [0.4, 0.5) is 4.79 Å². The first-order valence-corrected chi connectivity index (χ1v) is 9.20. The molecule has 2 unspecified atom stereocenters. The predicted molar refractivity (Wildman–Crippen MR) is 102 cm³/mol. The van der Waals surface area contributed by atoms with Gasteiger partial charge in [-0.25, -0.2) is 4.79 Å². The number of carbonyl (C=O) groups is 2. The van der Waals surface area contributed by atoms with E-state index in [-0.39, 0.29) is 18.4 Å². The number of benzene rings is 1. The molecule has 3 rings (SSSR count). The van der Waals surface area contributed by atoms with Crippen LogP contribution >= 0.6 is 11.3 Å². The molecule has 6 nitrogen and oxygen atoms in total. The van der Waals surface area contributed by atoms with Gasteiger partial charge in [0.1, 0.15) is 11.3 Å². The van der Waals surface area contributed by atoms with Crippen molar-refractivity contribution in [3.8, 4) is 0 Å². The van der Waals surface area contributed by atoms with E-state index in [1.165, 1.54) is 11.3 Å². The van der Waals surface area contributed by atoms with Gasteiger partial charge in [-0.1, -0.05) is 24.3 Å². The number of primary amides is 1. The van der Waals surface area contributed by atoms with Crippen molar-refractivity contribution in [1.29, 1.82) is 0 Å². The Bertz CT molecular complexity index is 917. The van der Waals surface area contributed by atoms with Crippen molar-refractivity contribution in [2.24, 2.45) is 5.73 Å². The summed E-state index contributed by atoms with van der Waals surface area (Å²) in [5.74, 6) is 0.541. The molecule has 0 bridgehead atoms. The average Bonchev–Trinajstić information content (AvgIpc) is 3.22. The first kappa shape index (κ1) is 18.0. The van der Waals surface area contributed by atoms with Gasteiger partial charge < -0.3 is 20.8 Å². The molecule has 2 atom stereocenters. The zero-order valence-corrected chi connectivity index (χ0v) is 15.4. The van der Waals surface area contributed by atoms with E-state index in [1.807, 2.05) is 55.6 Å². The van der Waals surface area contributed by atoms with Gasteiger partial charge in [0.2, 0.25) is 5.91 Å². The van der Waals surface area contributed by atoms with Crippen LogP contribution in [0.1, 0.15) is 41.6 Å². The van der Waals surface area contributed by atoms with Crippen LogP contribution in [-0.2, 0) is 4.79 Å². The molecule has 0 fully saturated rings. The number of amides is 3. The molecule has 2 aromatic heterocycles. The van der Waals surface area contributed by atoms with Crippen molar-refractivity contribution in [1.82, 2.24) is 10.6 Å². The largest absolute Gasteiger partial charge is 0.459 e. The first-order chi connectivity index (χ1) is 12.5. The Morgan fingerprint density at radius 3 is 2.62 bits per heavy atom. The summed E-state index contributed by atoms with van der Waals surface area (Å²) in [7, 11) is 0. The van der Waals surface area contributed by atoms with Crippen molar-refractivity contribution >= 4 is 34.2 Å². The zero-order chi connectivity index (χ0) is 18.7. The summed E-state index contributed by atoms with van der Waals surface area (Å²) < 4.78 is 5.90. The molecular formula is C19H21N3O3S. The van der Waals surface area contributed by atoms with Crippen LogP contribution < -0.4 is 16.4 Å². The highest BCUT2D eigenvalue weighted by Crippen LogP contribution is 2.29. The molecule has 7 heteroatoms. The number of urea groups is 1. The van der Waals surface area contributed by atoms with Gasteiger partial charge in [0.05, 0.1) is 18.5 Å². The SMILES string of the molecule is Cc1c(C(C)NC(=O)CC(NC(N)=O)c2cccs2)oc2ccccc12. The molecule has 3 amide bonds. The second-order valence-electron chi connectivity index (χ2n) is 6.16. The number of fused-ring (bicyclic) bond motifs is 1. The highest BCUT2D eigenvalue weighted by Gasteiger charge is 2.22. The van der Waals surface area contributed by atoms with Gasteiger partial charge >= 0.3 is 6.03 Å². The molecule has 0 saturated heterocycles. The molecule has 26 heavy (non-hydrogen) atoms. The summed E-state index contributed by atoms with van der Waals surface area (Å²) >= 11 is 1.47. The van der Waals surface area contributed by atoms with E-state index >= 15 is 0 Å². The molecule has 0 aliphatic rings. The van der Waals surface area contributed by atoms with Crippen molar-refractivity contribution in [3.05, 3.63) is 58.0 Å². The molecule has 0 aliphatic heterocycles. The van der Waals surface area contributed by atoms with E-state index in [0.717, 1.165) is 27.2 Å². The molecular weight excluding hydrogens is 350 g/mol. The maximum absolute atomic E-state index is 12.5. The van der Waals surface area contributed by atoms with Crippen molar-refractivity contribution < 1.29 is 14.0 Å². The number of aryl methyl sites for hydroxylation is 1. The summed E-state index contributed by atoms with van der Waals surface area (Å²) in [6.07, 6.45) is 0.104. The van der Waals surface area contributed by atoms with Gasteiger partial charge in [-0.05, 0) is 31.4 Å². The molecule has 0 aliphatic carbocycles. The zero-order valence-electron chi connectivity index (χ0n) is 14.6. The van der Waals surface area contributed by atoms with Crippen LogP contribution in [-0.4, -0.2) is 11.9 Å². The fraction of sp³-hybridized carbons (Fsp3) is 0.263. The predicted octanol–water partition coefficient (Wildman–Crippen LogP) is 3.78. The Morgan fingerprint density at radius 1 is 1.19 bits per heavy atom. The minimum Gasteiger partial charge on any atom is -0.459 e. The number of para-hydroxylation sites is 1. The molecule has 1 aromatic carbocycles. The van der Waals surface area contributed by atoms with Crippen LogP contribution in [0.5, 0.6) is 0 Å². The number of hydrogen-bond acceptors (Lipinski definition) is 4. The van der Waals surface area contributed by atoms with Crippen LogP contribution in [0, 0.1) is 6.92 Å². The lowest BCUT2D eigenvalue weighted by Crippen LogP contribution is -2.36. The third-order valence-corrected chi connectivity index (χ3v) is 5.23. The third-order valence-electron chi connectivity index (χ3n) is 4.24. The number of thiophene rings is 1. The van der Waals surface area contributed by atoms with E-state index in [4.69, 9.17) is 10.2 Å².